The molecule has 1 aromatic carbocycles. The van der Waals surface area contributed by atoms with Gasteiger partial charge in [0.1, 0.15) is 5.75 Å². The first-order valence-electron chi connectivity index (χ1n) is 8.96. The second-order valence-electron chi connectivity index (χ2n) is 6.47. The monoisotopic (exact) mass is 410 g/mol. The van der Waals surface area contributed by atoms with Crippen LogP contribution in [0, 0.1) is 13.8 Å². The fraction of sp³-hybridized carbons (Fsp3) is 0.450. The van der Waals surface area contributed by atoms with E-state index in [0.29, 0.717) is 6.54 Å². The molecule has 0 aliphatic carbocycles. The Morgan fingerprint density at radius 2 is 2.04 bits per heavy atom. The zero-order valence-electron chi connectivity index (χ0n) is 15.8. The lowest BCUT2D eigenvalue weighted by molar-refractivity contribution is -0.123. The molecule has 1 amide bonds. The van der Waals surface area contributed by atoms with E-state index >= 15 is 0 Å². The SMILES string of the molecule is Cc1cccc(OCC(=O)NCC(c2cccs2)N2CCOCC2)c1C.Cl. The topological polar surface area (TPSA) is 50.8 Å². The molecular weight excluding hydrogens is 384 g/mol. The predicted molar refractivity (Wildman–Crippen MR) is 111 cm³/mol. The number of aryl methyl sites for hydroxylation is 1. The minimum absolute atomic E-state index is 0. The van der Waals surface area contributed by atoms with E-state index in [9.17, 15) is 4.79 Å². The van der Waals surface area contributed by atoms with Crippen molar-refractivity contribution >= 4 is 29.7 Å². The highest BCUT2D eigenvalue weighted by atomic mass is 35.5. The number of hydrogen-bond acceptors (Lipinski definition) is 5. The molecule has 1 aliphatic heterocycles. The number of halogens is 1. The number of ether oxygens (including phenoxy) is 2. The van der Waals surface area contributed by atoms with Crippen molar-refractivity contribution in [2.24, 2.45) is 0 Å². The molecule has 0 saturated carbocycles. The van der Waals surface area contributed by atoms with Crippen LogP contribution < -0.4 is 10.1 Å². The molecular formula is C20H27ClN2O3S. The average molecular weight is 411 g/mol. The zero-order chi connectivity index (χ0) is 18.4. The van der Waals surface area contributed by atoms with Crippen LogP contribution >= 0.6 is 23.7 Å². The molecule has 1 fully saturated rings. The zero-order valence-corrected chi connectivity index (χ0v) is 17.4. The molecule has 2 aromatic rings. The first kappa shape index (κ1) is 21.7. The molecule has 5 nitrogen and oxygen atoms in total. The fourth-order valence-electron chi connectivity index (χ4n) is 3.07. The van der Waals surface area contributed by atoms with E-state index in [-0.39, 0.29) is 31.0 Å². The van der Waals surface area contributed by atoms with Gasteiger partial charge in [-0.05, 0) is 42.5 Å². The summed E-state index contributed by atoms with van der Waals surface area (Å²) in [5.74, 6) is 0.670. The van der Waals surface area contributed by atoms with Gasteiger partial charge in [0.05, 0.1) is 19.3 Å². The molecule has 1 aliphatic rings. The van der Waals surface area contributed by atoms with Gasteiger partial charge in [0.2, 0.25) is 0 Å². The number of morpholine rings is 1. The summed E-state index contributed by atoms with van der Waals surface area (Å²) in [5, 5.41) is 5.11. The summed E-state index contributed by atoms with van der Waals surface area (Å²) in [5.41, 5.74) is 2.23. The minimum atomic E-state index is -0.0966. The van der Waals surface area contributed by atoms with Gasteiger partial charge in [-0.2, -0.15) is 0 Å². The summed E-state index contributed by atoms with van der Waals surface area (Å²) in [6.07, 6.45) is 0. The van der Waals surface area contributed by atoms with E-state index in [0.717, 1.165) is 43.2 Å². The number of rotatable bonds is 7. The Kier molecular flexibility index (Phi) is 8.57. The Balaban J connectivity index is 0.00000261. The molecule has 2 heterocycles. The summed E-state index contributed by atoms with van der Waals surface area (Å²) in [6, 6.07) is 10.3. The van der Waals surface area contributed by atoms with Crippen LogP contribution in [0.4, 0.5) is 0 Å². The van der Waals surface area contributed by atoms with Crippen LogP contribution in [0.2, 0.25) is 0 Å². The van der Waals surface area contributed by atoms with Crippen molar-refractivity contribution in [2.45, 2.75) is 19.9 Å². The van der Waals surface area contributed by atoms with E-state index in [2.05, 4.69) is 27.7 Å². The van der Waals surface area contributed by atoms with Crippen molar-refractivity contribution in [3.05, 3.63) is 51.7 Å². The van der Waals surface area contributed by atoms with Crippen LogP contribution in [0.3, 0.4) is 0 Å². The highest BCUT2D eigenvalue weighted by Gasteiger charge is 2.24. The summed E-state index contributed by atoms with van der Waals surface area (Å²) >= 11 is 1.73. The van der Waals surface area contributed by atoms with Crippen molar-refractivity contribution in [3.63, 3.8) is 0 Å². The maximum Gasteiger partial charge on any atom is 0.258 e. The second kappa shape index (κ2) is 10.7. The lowest BCUT2D eigenvalue weighted by Crippen LogP contribution is -2.44. The number of hydrogen-bond donors (Lipinski definition) is 1. The van der Waals surface area contributed by atoms with Gasteiger partial charge in [-0.25, -0.2) is 0 Å². The number of nitrogens with zero attached hydrogens (tertiary/aromatic N) is 1. The number of carbonyl (C=O) groups excluding carboxylic acids is 1. The van der Waals surface area contributed by atoms with Crippen LogP contribution in [0.15, 0.2) is 35.7 Å². The first-order valence-corrected chi connectivity index (χ1v) is 9.84. The average Bonchev–Trinajstić information content (AvgIpc) is 3.18. The molecule has 1 N–H and O–H groups in total. The van der Waals surface area contributed by atoms with Crippen molar-refractivity contribution in [1.29, 1.82) is 0 Å². The minimum Gasteiger partial charge on any atom is -0.483 e. The van der Waals surface area contributed by atoms with E-state index in [1.165, 1.54) is 4.88 Å². The van der Waals surface area contributed by atoms with E-state index in [1.54, 1.807) is 11.3 Å². The highest BCUT2D eigenvalue weighted by Crippen LogP contribution is 2.25. The molecule has 0 bridgehead atoms. The Labute approximate surface area is 171 Å². The van der Waals surface area contributed by atoms with Gasteiger partial charge >= 0.3 is 0 Å². The molecule has 3 rings (SSSR count). The second-order valence-corrected chi connectivity index (χ2v) is 7.45. The van der Waals surface area contributed by atoms with Gasteiger partial charge in [0.15, 0.2) is 6.61 Å². The van der Waals surface area contributed by atoms with Gasteiger partial charge in [0, 0.05) is 24.5 Å². The molecule has 0 radical (unpaired) electrons. The Morgan fingerprint density at radius 3 is 2.74 bits per heavy atom. The Hall–Kier alpha value is -1.60. The summed E-state index contributed by atoms with van der Waals surface area (Å²) < 4.78 is 11.2. The van der Waals surface area contributed by atoms with Gasteiger partial charge in [-0.15, -0.1) is 23.7 Å². The molecule has 1 aromatic heterocycles. The van der Waals surface area contributed by atoms with Crippen LogP contribution in [0.5, 0.6) is 5.75 Å². The molecule has 1 unspecified atom stereocenters. The molecule has 27 heavy (non-hydrogen) atoms. The third-order valence-corrected chi connectivity index (χ3v) is 5.74. The normalized spacial score (nSPS) is 15.6. The molecule has 0 spiro atoms. The van der Waals surface area contributed by atoms with E-state index in [4.69, 9.17) is 9.47 Å². The Morgan fingerprint density at radius 1 is 1.26 bits per heavy atom. The number of nitrogens with one attached hydrogen (secondary N) is 1. The maximum absolute atomic E-state index is 12.3. The Bertz CT molecular complexity index is 718. The summed E-state index contributed by atoms with van der Waals surface area (Å²) in [7, 11) is 0. The van der Waals surface area contributed by atoms with Gasteiger partial charge in [0.25, 0.3) is 5.91 Å². The molecule has 148 valence electrons. The number of amides is 1. The molecule has 7 heteroatoms. The molecule has 1 atom stereocenters. The van der Waals surface area contributed by atoms with Gasteiger partial charge in [-0.3, -0.25) is 9.69 Å². The van der Waals surface area contributed by atoms with Gasteiger partial charge < -0.3 is 14.8 Å². The van der Waals surface area contributed by atoms with Crippen LogP contribution in [-0.2, 0) is 9.53 Å². The molecule has 1 saturated heterocycles. The van der Waals surface area contributed by atoms with E-state index in [1.807, 2.05) is 32.0 Å². The summed E-state index contributed by atoms with van der Waals surface area (Å²) in [6.45, 7) is 7.91. The van der Waals surface area contributed by atoms with Crippen LogP contribution in [-0.4, -0.2) is 50.3 Å². The fourth-order valence-corrected chi connectivity index (χ4v) is 3.93. The smallest absolute Gasteiger partial charge is 0.258 e. The number of thiophene rings is 1. The van der Waals surface area contributed by atoms with Crippen LogP contribution in [0.1, 0.15) is 22.0 Å². The van der Waals surface area contributed by atoms with Crippen LogP contribution in [0.25, 0.3) is 0 Å². The number of benzene rings is 1. The van der Waals surface area contributed by atoms with Crippen molar-refractivity contribution in [1.82, 2.24) is 10.2 Å². The van der Waals surface area contributed by atoms with Crippen molar-refractivity contribution < 1.29 is 14.3 Å². The standard InChI is InChI=1S/C20H26N2O3S.ClH/c1-15-5-3-6-18(16(15)2)25-14-20(23)21-13-17(19-7-4-12-26-19)22-8-10-24-11-9-22;/h3-7,12,17H,8-11,13-14H2,1-2H3,(H,21,23);1H. The third kappa shape index (κ3) is 5.94. The summed E-state index contributed by atoms with van der Waals surface area (Å²) in [4.78, 5) is 15.9. The third-order valence-electron chi connectivity index (χ3n) is 4.76. The first-order chi connectivity index (χ1) is 12.6. The highest BCUT2D eigenvalue weighted by molar-refractivity contribution is 7.10. The van der Waals surface area contributed by atoms with Crippen molar-refractivity contribution in [2.75, 3.05) is 39.5 Å². The lowest BCUT2D eigenvalue weighted by atomic mass is 10.1. The lowest BCUT2D eigenvalue weighted by Gasteiger charge is -2.34. The maximum atomic E-state index is 12.3. The number of carbonyl (C=O) groups is 1. The van der Waals surface area contributed by atoms with Gasteiger partial charge in [-0.1, -0.05) is 18.2 Å². The predicted octanol–water partition coefficient (Wildman–Crippen LogP) is 3.36. The largest absolute Gasteiger partial charge is 0.483 e. The quantitative estimate of drug-likeness (QED) is 0.760. The van der Waals surface area contributed by atoms with E-state index < -0.39 is 0 Å². The van der Waals surface area contributed by atoms with Crippen molar-refractivity contribution in [3.8, 4) is 5.75 Å².